The zero-order valence-electron chi connectivity index (χ0n) is 23.6. The molecule has 0 saturated carbocycles. The largest absolute Gasteiger partial charge is 0.457 e. The first-order valence-electron chi connectivity index (χ1n) is 13.6. The summed E-state index contributed by atoms with van der Waals surface area (Å²) in [6.07, 6.45) is 0.502. The van der Waals surface area contributed by atoms with Crippen molar-refractivity contribution < 1.29 is 24.0 Å². The lowest BCUT2D eigenvalue weighted by molar-refractivity contribution is -0.169. The van der Waals surface area contributed by atoms with Crippen LogP contribution in [-0.2, 0) is 19.2 Å². The Morgan fingerprint density at radius 2 is 1.51 bits per heavy atom. The molecule has 3 aromatic rings. The van der Waals surface area contributed by atoms with Gasteiger partial charge in [-0.3, -0.25) is 4.79 Å². The van der Waals surface area contributed by atoms with E-state index in [4.69, 9.17) is 9.57 Å². The first-order chi connectivity index (χ1) is 19.7. The number of benzene rings is 3. The van der Waals surface area contributed by atoms with Gasteiger partial charge < -0.3 is 25.1 Å². The van der Waals surface area contributed by atoms with Crippen LogP contribution < -0.4 is 10.6 Å². The van der Waals surface area contributed by atoms with E-state index in [-0.39, 0.29) is 24.5 Å². The van der Waals surface area contributed by atoms with Crippen molar-refractivity contribution >= 4 is 30.3 Å². The lowest BCUT2D eigenvalue weighted by Crippen LogP contribution is -2.42. The van der Waals surface area contributed by atoms with Crippen LogP contribution in [0, 0.1) is 0 Å². The molecule has 3 aromatic carbocycles. The SMILES string of the molecule is C=NOC(C(=O)OC(C)(C)C)c1cccc(NC(=O)NCC(=O)N2[C@@H](c3ccccc3)CC[C@H]2c2ccccc2)c1. The Kier molecular flexibility index (Phi) is 9.39. The Labute approximate surface area is 240 Å². The van der Waals surface area contributed by atoms with E-state index in [0.717, 1.165) is 24.0 Å². The summed E-state index contributed by atoms with van der Waals surface area (Å²) in [7, 11) is 0. The molecule has 1 unspecified atom stereocenters. The lowest BCUT2D eigenvalue weighted by Gasteiger charge is -2.31. The Balaban J connectivity index is 1.44. The van der Waals surface area contributed by atoms with Crippen LogP contribution in [0.25, 0.3) is 0 Å². The average Bonchev–Trinajstić information content (AvgIpc) is 3.40. The predicted octanol–water partition coefficient (Wildman–Crippen LogP) is 5.93. The predicted molar refractivity (Wildman–Crippen MR) is 157 cm³/mol. The van der Waals surface area contributed by atoms with Gasteiger partial charge in [-0.1, -0.05) is 72.8 Å². The summed E-state index contributed by atoms with van der Waals surface area (Å²) >= 11 is 0. The second-order valence-corrected chi connectivity index (χ2v) is 10.8. The van der Waals surface area contributed by atoms with Gasteiger partial charge >= 0.3 is 12.0 Å². The van der Waals surface area contributed by atoms with E-state index in [1.165, 1.54) is 0 Å². The summed E-state index contributed by atoms with van der Waals surface area (Å²) in [6, 6.07) is 25.7. The molecular weight excluding hydrogens is 520 g/mol. The van der Waals surface area contributed by atoms with Crippen LogP contribution in [-0.4, -0.2) is 41.7 Å². The molecule has 1 heterocycles. The molecule has 1 saturated heterocycles. The molecule has 0 aromatic heterocycles. The van der Waals surface area contributed by atoms with Crippen molar-refractivity contribution in [3.8, 4) is 0 Å². The highest BCUT2D eigenvalue weighted by atomic mass is 16.7. The number of hydrogen-bond acceptors (Lipinski definition) is 6. The van der Waals surface area contributed by atoms with Gasteiger partial charge in [0.15, 0.2) is 0 Å². The van der Waals surface area contributed by atoms with Gasteiger partial charge in [0.05, 0.1) is 18.6 Å². The number of hydrogen-bond donors (Lipinski definition) is 2. The standard InChI is InChI=1S/C32H36N4O5/c1-32(2,3)40-30(38)29(41-33-4)24-16-11-17-25(20-24)35-31(39)34-21-28(37)36-26(22-12-7-5-8-13-22)18-19-27(36)23-14-9-6-10-15-23/h5-17,20,26-27,29H,4,18-19,21H2,1-3H3,(H2,34,35,39)/t26-,27+,29?. The zero-order valence-corrected chi connectivity index (χ0v) is 23.6. The van der Waals surface area contributed by atoms with Gasteiger partial charge in [0.2, 0.25) is 12.0 Å². The minimum atomic E-state index is -1.15. The Bertz CT molecular complexity index is 1310. The Morgan fingerprint density at radius 1 is 0.927 bits per heavy atom. The normalized spacial score (nSPS) is 17.3. The number of ether oxygens (including phenoxy) is 1. The smallest absolute Gasteiger partial charge is 0.355 e. The van der Waals surface area contributed by atoms with Gasteiger partial charge in [-0.15, -0.1) is 5.16 Å². The highest BCUT2D eigenvalue weighted by molar-refractivity contribution is 5.92. The first-order valence-corrected chi connectivity index (χ1v) is 13.6. The van der Waals surface area contributed by atoms with Gasteiger partial charge in [0, 0.05) is 18.0 Å². The number of rotatable bonds is 9. The van der Waals surface area contributed by atoms with Crippen molar-refractivity contribution in [2.24, 2.45) is 5.16 Å². The molecule has 0 aliphatic carbocycles. The van der Waals surface area contributed by atoms with E-state index in [9.17, 15) is 14.4 Å². The van der Waals surface area contributed by atoms with Crippen LogP contribution in [0.2, 0.25) is 0 Å². The number of oxime groups is 1. The van der Waals surface area contributed by atoms with E-state index in [0.29, 0.717) is 11.3 Å². The maximum Gasteiger partial charge on any atom is 0.355 e. The van der Waals surface area contributed by atoms with E-state index in [1.807, 2.05) is 65.6 Å². The molecule has 3 amide bonds. The molecule has 1 aliphatic rings. The van der Waals surface area contributed by atoms with Crippen molar-refractivity contribution in [2.75, 3.05) is 11.9 Å². The molecule has 9 heteroatoms. The van der Waals surface area contributed by atoms with Crippen molar-refractivity contribution in [2.45, 2.75) is 57.4 Å². The minimum absolute atomic E-state index is 0.0845. The summed E-state index contributed by atoms with van der Waals surface area (Å²) in [4.78, 5) is 46.1. The minimum Gasteiger partial charge on any atom is -0.457 e. The van der Waals surface area contributed by atoms with Crippen molar-refractivity contribution in [1.82, 2.24) is 10.2 Å². The van der Waals surface area contributed by atoms with Gasteiger partial charge in [0.1, 0.15) is 5.60 Å². The van der Waals surface area contributed by atoms with Crippen molar-refractivity contribution in [3.05, 3.63) is 102 Å². The Morgan fingerprint density at radius 3 is 2.05 bits per heavy atom. The lowest BCUT2D eigenvalue weighted by atomic mass is 10.0. The number of urea groups is 1. The van der Waals surface area contributed by atoms with Crippen LogP contribution >= 0.6 is 0 Å². The van der Waals surface area contributed by atoms with E-state index >= 15 is 0 Å². The second kappa shape index (κ2) is 13.1. The molecule has 214 valence electrons. The quantitative estimate of drug-likeness (QED) is 0.193. The molecule has 0 spiro atoms. The molecule has 4 rings (SSSR count). The van der Waals surface area contributed by atoms with E-state index in [2.05, 4.69) is 22.5 Å². The van der Waals surface area contributed by atoms with Crippen LogP contribution in [0.3, 0.4) is 0 Å². The third kappa shape index (κ3) is 7.72. The summed E-state index contributed by atoms with van der Waals surface area (Å²) in [5, 5.41) is 8.81. The van der Waals surface area contributed by atoms with Crippen LogP contribution in [0.5, 0.6) is 0 Å². The van der Waals surface area contributed by atoms with Gasteiger partial charge in [-0.2, -0.15) is 0 Å². The fraction of sp³-hybridized carbons (Fsp3) is 0.312. The fourth-order valence-corrected chi connectivity index (χ4v) is 5.04. The molecule has 0 radical (unpaired) electrons. The molecule has 3 atom stereocenters. The number of anilines is 1. The van der Waals surface area contributed by atoms with Gasteiger partial charge in [0.25, 0.3) is 0 Å². The van der Waals surface area contributed by atoms with Crippen molar-refractivity contribution in [3.63, 3.8) is 0 Å². The van der Waals surface area contributed by atoms with Crippen molar-refractivity contribution in [1.29, 1.82) is 0 Å². The highest BCUT2D eigenvalue weighted by Crippen LogP contribution is 2.43. The second-order valence-electron chi connectivity index (χ2n) is 10.8. The molecule has 2 N–H and O–H groups in total. The number of nitrogens with one attached hydrogen (secondary N) is 2. The first kappa shape index (κ1) is 29.3. The third-order valence-electron chi connectivity index (χ3n) is 6.69. The van der Waals surface area contributed by atoms with Gasteiger partial charge in [-0.05, 0) is 56.9 Å². The number of nitrogens with zero attached hydrogens (tertiary/aromatic N) is 2. The van der Waals surface area contributed by atoms with Gasteiger partial charge in [-0.25, -0.2) is 9.59 Å². The van der Waals surface area contributed by atoms with Crippen LogP contribution in [0.1, 0.15) is 68.5 Å². The monoisotopic (exact) mass is 556 g/mol. The number of likely N-dealkylation sites (tertiary alicyclic amines) is 1. The highest BCUT2D eigenvalue weighted by Gasteiger charge is 2.38. The summed E-state index contributed by atoms with van der Waals surface area (Å²) in [5.41, 5.74) is 2.23. The molecular formula is C32H36N4O5. The maximum absolute atomic E-state index is 13.6. The molecule has 41 heavy (non-hydrogen) atoms. The number of amides is 3. The van der Waals surface area contributed by atoms with Crippen LogP contribution in [0.15, 0.2) is 90.1 Å². The van der Waals surface area contributed by atoms with Crippen LogP contribution in [0.4, 0.5) is 10.5 Å². The molecule has 1 fully saturated rings. The molecule has 9 nitrogen and oxygen atoms in total. The molecule has 1 aliphatic heterocycles. The number of esters is 1. The maximum atomic E-state index is 13.6. The average molecular weight is 557 g/mol. The fourth-order valence-electron chi connectivity index (χ4n) is 5.04. The van der Waals surface area contributed by atoms with E-state index < -0.39 is 23.7 Å². The summed E-state index contributed by atoms with van der Waals surface area (Å²) < 4.78 is 5.43. The summed E-state index contributed by atoms with van der Waals surface area (Å²) in [5.74, 6) is -0.812. The summed E-state index contributed by atoms with van der Waals surface area (Å²) in [6.45, 7) is 8.37. The Hall–Kier alpha value is -4.66. The number of carbonyl (C=O) groups is 3. The molecule has 0 bridgehead atoms. The zero-order chi connectivity index (χ0) is 29.4. The van der Waals surface area contributed by atoms with E-state index in [1.54, 1.807) is 45.0 Å². The third-order valence-corrected chi connectivity index (χ3v) is 6.69. The topological polar surface area (TPSA) is 109 Å². The number of carbonyl (C=O) groups excluding carboxylic acids is 3.